The molecule has 146 valence electrons. The molecule has 0 aromatic heterocycles. The van der Waals surface area contributed by atoms with E-state index in [1.165, 1.54) is 6.07 Å². The van der Waals surface area contributed by atoms with Crippen LogP contribution in [0.5, 0.6) is 0 Å². The maximum atomic E-state index is 13.0. The summed E-state index contributed by atoms with van der Waals surface area (Å²) in [7, 11) is -3.85. The van der Waals surface area contributed by atoms with Crippen molar-refractivity contribution in [1.29, 1.82) is 0 Å². The van der Waals surface area contributed by atoms with E-state index in [9.17, 15) is 8.42 Å². The Bertz CT molecular complexity index is 882. The molecule has 0 radical (unpaired) electrons. The second-order valence-electron chi connectivity index (χ2n) is 6.55. The van der Waals surface area contributed by atoms with Crippen molar-refractivity contribution in [2.75, 3.05) is 32.8 Å². The van der Waals surface area contributed by atoms with Gasteiger partial charge in [0.25, 0.3) is 0 Å². The van der Waals surface area contributed by atoms with E-state index in [4.69, 9.17) is 27.9 Å². The van der Waals surface area contributed by atoms with Crippen molar-refractivity contribution >= 4 is 33.2 Å². The number of ether oxygens (including phenoxy) is 1. The van der Waals surface area contributed by atoms with Crippen molar-refractivity contribution in [1.82, 2.24) is 9.62 Å². The SMILES string of the molecule is Cc1ccc(C(CN2CCOCC2)NS(=O)(=O)c2cccc(Cl)c2Cl)cc1. The third-order valence-electron chi connectivity index (χ3n) is 4.53. The lowest BCUT2D eigenvalue weighted by atomic mass is 10.1. The smallest absolute Gasteiger partial charge is 0.242 e. The first kappa shape index (κ1) is 20.6. The highest BCUT2D eigenvalue weighted by atomic mass is 35.5. The Morgan fingerprint density at radius 1 is 1.11 bits per heavy atom. The molecule has 1 aliphatic heterocycles. The summed E-state index contributed by atoms with van der Waals surface area (Å²) in [5.41, 5.74) is 2.01. The summed E-state index contributed by atoms with van der Waals surface area (Å²) in [6.45, 7) is 5.37. The average Bonchev–Trinajstić information content (AvgIpc) is 2.64. The number of hydrogen-bond acceptors (Lipinski definition) is 4. The van der Waals surface area contributed by atoms with Gasteiger partial charge in [0.05, 0.1) is 29.3 Å². The number of sulfonamides is 1. The standard InChI is InChI=1S/C19H22Cl2N2O3S/c1-14-5-7-15(8-6-14)17(13-23-9-11-26-12-10-23)22-27(24,25)18-4-2-3-16(20)19(18)21/h2-8,17,22H,9-13H2,1H3. The van der Waals surface area contributed by atoms with Crippen LogP contribution < -0.4 is 4.72 Å². The fourth-order valence-electron chi connectivity index (χ4n) is 2.99. The zero-order valence-electron chi connectivity index (χ0n) is 15.0. The third kappa shape index (κ3) is 5.22. The van der Waals surface area contributed by atoms with Crippen molar-refractivity contribution in [2.24, 2.45) is 0 Å². The summed E-state index contributed by atoms with van der Waals surface area (Å²) in [6, 6.07) is 12.0. The fraction of sp³-hybridized carbons (Fsp3) is 0.368. The van der Waals surface area contributed by atoms with Crippen LogP contribution >= 0.6 is 23.2 Å². The highest BCUT2D eigenvalue weighted by Gasteiger charge is 2.26. The lowest BCUT2D eigenvalue weighted by molar-refractivity contribution is 0.0345. The molecule has 5 nitrogen and oxygen atoms in total. The molecule has 27 heavy (non-hydrogen) atoms. The molecule has 0 spiro atoms. The van der Waals surface area contributed by atoms with Gasteiger partial charge in [-0.25, -0.2) is 13.1 Å². The van der Waals surface area contributed by atoms with Crippen LogP contribution in [0.25, 0.3) is 0 Å². The zero-order valence-corrected chi connectivity index (χ0v) is 17.3. The van der Waals surface area contributed by atoms with Gasteiger partial charge in [-0.3, -0.25) is 4.90 Å². The molecule has 1 saturated heterocycles. The first-order chi connectivity index (χ1) is 12.9. The van der Waals surface area contributed by atoms with Gasteiger partial charge in [-0.1, -0.05) is 59.1 Å². The number of benzene rings is 2. The van der Waals surface area contributed by atoms with Gasteiger partial charge in [-0.2, -0.15) is 0 Å². The Hall–Kier alpha value is -1.15. The molecular formula is C19H22Cl2N2O3S. The quantitative estimate of drug-likeness (QED) is 0.762. The third-order valence-corrected chi connectivity index (χ3v) is 6.97. The zero-order chi connectivity index (χ0) is 19.4. The van der Waals surface area contributed by atoms with Crippen LogP contribution in [0.15, 0.2) is 47.4 Å². The van der Waals surface area contributed by atoms with E-state index in [2.05, 4.69) is 9.62 Å². The van der Waals surface area contributed by atoms with E-state index in [0.29, 0.717) is 19.8 Å². The molecule has 0 saturated carbocycles. The minimum atomic E-state index is -3.85. The van der Waals surface area contributed by atoms with Crippen LogP contribution in [0.2, 0.25) is 10.0 Å². The first-order valence-corrected chi connectivity index (χ1v) is 10.9. The van der Waals surface area contributed by atoms with E-state index in [-0.39, 0.29) is 14.9 Å². The Morgan fingerprint density at radius 3 is 2.44 bits per heavy atom. The van der Waals surface area contributed by atoms with Crippen LogP contribution in [-0.4, -0.2) is 46.2 Å². The van der Waals surface area contributed by atoms with Crippen molar-refractivity contribution in [3.8, 4) is 0 Å². The van der Waals surface area contributed by atoms with Gasteiger partial charge in [0.2, 0.25) is 10.0 Å². The van der Waals surface area contributed by atoms with Gasteiger partial charge < -0.3 is 4.74 Å². The van der Waals surface area contributed by atoms with Gasteiger partial charge in [0.15, 0.2) is 0 Å². The van der Waals surface area contributed by atoms with Gasteiger partial charge in [0.1, 0.15) is 4.90 Å². The number of hydrogen-bond donors (Lipinski definition) is 1. The highest BCUT2D eigenvalue weighted by molar-refractivity contribution is 7.89. The molecule has 1 fully saturated rings. The predicted octanol–water partition coefficient (Wildman–Crippen LogP) is 3.65. The lowest BCUT2D eigenvalue weighted by Crippen LogP contribution is -2.43. The number of nitrogens with zero attached hydrogens (tertiary/aromatic N) is 1. The van der Waals surface area contributed by atoms with Crippen molar-refractivity contribution in [2.45, 2.75) is 17.9 Å². The minimum absolute atomic E-state index is 0.0178. The summed E-state index contributed by atoms with van der Waals surface area (Å²) in [5, 5.41) is 0.236. The molecule has 1 aliphatic rings. The largest absolute Gasteiger partial charge is 0.379 e. The Labute approximate surface area is 170 Å². The Morgan fingerprint density at radius 2 is 1.78 bits per heavy atom. The molecule has 1 N–H and O–H groups in total. The molecular weight excluding hydrogens is 407 g/mol. The Kier molecular flexibility index (Phi) is 6.78. The van der Waals surface area contributed by atoms with Gasteiger partial charge in [0, 0.05) is 19.6 Å². The summed E-state index contributed by atoms with van der Waals surface area (Å²) >= 11 is 12.1. The van der Waals surface area contributed by atoms with E-state index in [0.717, 1.165) is 24.2 Å². The van der Waals surface area contributed by atoms with Gasteiger partial charge in [-0.15, -0.1) is 0 Å². The first-order valence-electron chi connectivity index (χ1n) is 8.70. The molecule has 1 unspecified atom stereocenters. The van der Waals surface area contributed by atoms with Gasteiger partial charge in [-0.05, 0) is 24.6 Å². The van der Waals surface area contributed by atoms with E-state index in [1.807, 2.05) is 31.2 Å². The normalized spacial score (nSPS) is 17.0. The number of aryl methyl sites for hydroxylation is 1. The number of rotatable bonds is 6. The molecule has 1 heterocycles. The second kappa shape index (κ2) is 8.90. The van der Waals surface area contributed by atoms with E-state index < -0.39 is 16.1 Å². The fourth-order valence-corrected chi connectivity index (χ4v) is 4.97. The monoisotopic (exact) mass is 428 g/mol. The molecule has 0 amide bonds. The van der Waals surface area contributed by atoms with Crippen LogP contribution in [0, 0.1) is 6.92 Å². The summed E-state index contributed by atoms with van der Waals surface area (Å²) in [5.74, 6) is 0. The maximum Gasteiger partial charge on any atom is 0.242 e. The second-order valence-corrected chi connectivity index (χ2v) is 9.02. The maximum absolute atomic E-state index is 13.0. The van der Waals surface area contributed by atoms with Crippen LogP contribution in [-0.2, 0) is 14.8 Å². The molecule has 0 aliphatic carbocycles. The van der Waals surface area contributed by atoms with Crippen LogP contribution in [0.1, 0.15) is 17.2 Å². The van der Waals surface area contributed by atoms with Crippen molar-refractivity contribution in [3.63, 3.8) is 0 Å². The molecule has 3 rings (SSSR count). The summed E-state index contributed by atoms with van der Waals surface area (Å²) in [4.78, 5) is 2.17. The molecule has 8 heteroatoms. The molecule has 2 aromatic rings. The number of nitrogens with one attached hydrogen (secondary N) is 1. The van der Waals surface area contributed by atoms with Gasteiger partial charge >= 0.3 is 0 Å². The number of halogens is 2. The molecule has 1 atom stereocenters. The van der Waals surface area contributed by atoms with Crippen molar-refractivity contribution < 1.29 is 13.2 Å². The minimum Gasteiger partial charge on any atom is -0.379 e. The van der Waals surface area contributed by atoms with Crippen LogP contribution in [0.4, 0.5) is 0 Å². The highest BCUT2D eigenvalue weighted by Crippen LogP contribution is 2.30. The number of morpholine rings is 1. The topological polar surface area (TPSA) is 58.6 Å². The lowest BCUT2D eigenvalue weighted by Gasteiger charge is -2.31. The Balaban J connectivity index is 1.89. The van der Waals surface area contributed by atoms with E-state index >= 15 is 0 Å². The van der Waals surface area contributed by atoms with Crippen LogP contribution in [0.3, 0.4) is 0 Å². The molecule has 0 bridgehead atoms. The average molecular weight is 429 g/mol. The summed E-state index contributed by atoms with van der Waals surface area (Å²) < 4.78 is 34.2. The predicted molar refractivity (Wildman–Crippen MR) is 108 cm³/mol. The van der Waals surface area contributed by atoms with Crippen molar-refractivity contribution in [3.05, 3.63) is 63.6 Å². The van der Waals surface area contributed by atoms with E-state index in [1.54, 1.807) is 12.1 Å². The molecule has 2 aromatic carbocycles. The summed E-state index contributed by atoms with van der Waals surface area (Å²) in [6.07, 6.45) is 0.